The number of benzene rings is 1. The maximum Gasteiger partial charge on any atom is 0.192 e. The minimum atomic E-state index is -1.93. The van der Waals surface area contributed by atoms with Crippen molar-refractivity contribution < 1.29 is 9.22 Å². The van der Waals surface area contributed by atoms with Gasteiger partial charge < -0.3 is 13.8 Å². The molecule has 22 heavy (non-hydrogen) atoms. The van der Waals surface area contributed by atoms with Crippen LogP contribution in [0.4, 0.5) is 0 Å². The lowest BCUT2D eigenvalue weighted by atomic mass is 10.1. The van der Waals surface area contributed by atoms with Crippen molar-refractivity contribution in [2.24, 2.45) is 7.05 Å². The molecule has 4 nitrogen and oxygen atoms in total. The number of aldehydes is 1. The van der Waals surface area contributed by atoms with Gasteiger partial charge in [0.05, 0.1) is 23.5 Å². The molecular formula is C17H26N2O2Si. The summed E-state index contributed by atoms with van der Waals surface area (Å²) in [5.41, 5.74) is 3.07. The average molecular weight is 318 g/mol. The Morgan fingerprint density at radius 2 is 2.05 bits per heavy atom. The van der Waals surface area contributed by atoms with Crippen molar-refractivity contribution in [1.82, 2.24) is 9.55 Å². The Bertz CT molecular complexity index is 671. The van der Waals surface area contributed by atoms with Gasteiger partial charge in [-0.15, -0.1) is 0 Å². The van der Waals surface area contributed by atoms with Gasteiger partial charge in [0.25, 0.3) is 0 Å². The number of aryl methyl sites for hydroxylation is 1. The highest BCUT2D eigenvalue weighted by molar-refractivity contribution is 6.74. The molecule has 0 aliphatic heterocycles. The van der Waals surface area contributed by atoms with Crippen molar-refractivity contribution in [3.05, 3.63) is 30.1 Å². The molecule has 2 rings (SSSR count). The fourth-order valence-corrected chi connectivity index (χ4v) is 3.51. The Hall–Kier alpha value is -1.46. The van der Waals surface area contributed by atoms with Crippen LogP contribution in [0.1, 0.15) is 38.9 Å². The number of fused-ring (bicyclic) bond motifs is 1. The van der Waals surface area contributed by atoms with E-state index in [0.29, 0.717) is 6.42 Å². The second kappa shape index (κ2) is 5.97. The summed E-state index contributed by atoms with van der Waals surface area (Å²) in [6, 6.07) is 6.11. The molecule has 0 amide bonds. The van der Waals surface area contributed by atoms with E-state index in [0.717, 1.165) is 22.9 Å². The number of rotatable bonds is 5. The summed E-state index contributed by atoms with van der Waals surface area (Å²) in [7, 11) is 0.0404. The zero-order valence-corrected chi connectivity index (χ0v) is 15.4. The van der Waals surface area contributed by atoms with E-state index in [4.69, 9.17) is 4.43 Å². The van der Waals surface area contributed by atoms with Gasteiger partial charge >= 0.3 is 0 Å². The molecule has 0 aliphatic carbocycles. The molecule has 5 heteroatoms. The lowest BCUT2D eigenvalue weighted by Gasteiger charge is -2.39. The van der Waals surface area contributed by atoms with Crippen LogP contribution in [0.15, 0.2) is 24.5 Å². The monoisotopic (exact) mass is 318 g/mol. The van der Waals surface area contributed by atoms with Gasteiger partial charge in [-0.3, -0.25) is 0 Å². The van der Waals surface area contributed by atoms with Crippen LogP contribution in [0, 0.1) is 0 Å². The van der Waals surface area contributed by atoms with Gasteiger partial charge in [0.2, 0.25) is 0 Å². The van der Waals surface area contributed by atoms with Crippen LogP contribution in [0.25, 0.3) is 11.0 Å². The van der Waals surface area contributed by atoms with Crippen molar-refractivity contribution in [2.75, 3.05) is 0 Å². The number of carbonyl (C=O) groups is 1. The van der Waals surface area contributed by atoms with E-state index in [1.165, 1.54) is 0 Å². The highest BCUT2D eigenvalue weighted by atomic mass is 28.4. The lowest BCUT2D eigenvalue weighted by molar-refractivity contribution is -0.109. The third-order valence-corrected chi connectivity index (χ3v) is 9.16. The predicted molar refractivity (Wildman–Crippen MR) is 92.4 cm³/mol. The predicted octanol–water partition coefficient (Wildman–Crippen LogP) is 4.23. The standard InChI is InChI=1S/C17H26N2O2Si/c1-17(2,3)22(5,6)21-16(9-10-20)13-7-8-14-15(11-13)19(4)12-18-14/h7-8,10-12,16H,9H2,1-6H3/t16-/m0/s1. The van der Waals surface area contributed by atoms with E-state index in [2.05, 4.69) is 44.9 Å². The summed E-state index contributed by atoms with van der Waals surface area (Å²) in [4.78, 5) is 15.5. The molecule has 0 aliphatic rings. The van der Waals surface area contributed by atoms with Gasteiger partial charge in [-0.2, -0.15) is 0 Å². The number of aromatic nitrogens is 2. The minimum absolute atomic E-state index is 0.116. The van der Waals surface area contributed by atoms with Crippen molar-refractivity contribution in [3.8, 4) is 0 Å². The first-order valence-corrected chi connectivity index (χ1v) is 10.6. The third-order valence-electron chi connectivity index (χ3n) is 4.67. The first kappa shape index (κ1) is 16.9. The normalized spacial score (nSPS) is 14.3. The van der Waals surface area contributed by atoms with Crippen LogP contribution in [0.5, 0.6) is 0 Å². The van der Waals surface area contributed by atoms with E-state index in [1.54, 1.807) is 6.33 Å². The van der Waals surface area contributed by atoms with E-state index in [9.17, 15) is 4.79 Å². The second-order valence-electron chi connectivity index (χ2n) is 7.37. The summed E-state index contributed by atoms with van der Waals surface area (Å²) in [5, 5.41) is 0.116. The summed E-state index contributed by atoms with van der Waals surface area (Å²) in [5.74, 6) is 0. The highest BCUT2D eigenvalue weighted by Crippen LogP contribution is 2.40. The SMILES string of the molecule is Cn1cnc2ccc([C@H](CC=O)O[Si](C)(C)C(C)(C)C)cc21. The minimum Gasteiger partial charge on any atom is -0.410 e. The summed E-state index contributed by atoms with van der Waals surface area (Å²) in [6.07, 6.45) is 2.96. The molecule has 0 N–H and O–H groups in total. The Kier molecular flexibility index (Phi) is 4.59. The van der Waals surface area contributed by atoms with Gasteiger partial charge in [-0.05, 0) is 35.8 Å². The zero-order valence-electron chi connectivity index (χ0n) is 14.4. The van der Waals surface area contributed by atoms with Crippen LogP contribution in [-0.4, -0.2) is 24.2 Å². The molecule has 1 heterocycles. The molecular weight excluding hydrogens is 292 g/mol. The molecule has 0 fully saturated rings. The fourth-order valence-electron chi connectivity index (χ4n) is 2.22. The number of hydrogen-bond donors (Lipinski definition) is 0. The molecule has 0 spiro atoms. The molecule has 0 unspecified atom stereocenters. The van der Waals surface area contributed by atoms with Crippen molar-refractivity contribution >= 4 is 25.6 Å². The third kappa shape index (κ3) is 3.30. The Labute approximate surface area is 133 Å². The van der Waals surface area contributed by atoms with Crippen molar-refractivity contribution in [2.45, 2.75) is 51.4 Å². The Balaban J connectivity index is 2.37. The van der Waals surface area contributed by atoms with Gasteiger partial charge in [-0.25, -0.2) is 4.98 Å². The quantitative estimate of drug-likeness (QED) is 0.612. The molecule has 1 aromatic heterocycles. The van der Waals surface area contributed by atoms with Gasteiger partial charge in [0.15, 0.2) is 8.32 Å². The van der Waals surface area contributed by atoms with E-state index >= 15 is 0 Å². The van der Waals surface area contributed by atoms with Crippen LogP contribution < -0.4 is 0 Å². The summed E-state index contributed by atoms with van der Waals surface area (Å²) < 4.78 is 8.46. The van der Waals surface area contributed by atoms with E-state index in [-0.39, 0.29) is 11.1 Å². The molecule has 0 saturated heterocycles. The first-order valence-electron chi connectivity index (χ1n) is 7.68. The number of imidazole rings is 1. The van der Waals surface area contributed by atoms with Crippen molar-refractivity contribution in [1.29, 1.82) is 0 Å². The first-order chi connectivity index (χ1) is 10.2. The fraction of sp³-hybridized carbons (Fsp3) is 0.529. The van der Waals surface area contributed by atoms with E-state index in [1.807, 2.05) is 23.7 Å². The maximum atomic E-state index is 11.1. The number of hydrogen-bond acceptors (Lipinski definition) is 3. The summed E-state index contributed by atoms with van der Waals surface area (Å²) in [6.45, 7) is 11.1. The van der Waals surface area contributed by atoms with Gasteiger partial charge in [0, 0.05) is 13.5 Å². The largest absolute Gasteiger partial charge is 0.410 e. The van der Waals surface area contributed by atoms with Crippen LogP contribution in [-0.2, 0) is 16.3 Å². The average Bonchev–Trinajstić information content (AvgIpc) is 2.78. The van der Waals surface area contributed by atoms with Crippen molar-refractivity contribution in [3.63, 3.8) is 0 Å². The molecule has 0 saturated carbocycles. The highest BCUT2D eigenvalue weighted by Gasteiger charge is 2.39. The van der Waals surface area contributed by atoms with Crippen LogP contribution in [0.3, 0.4) is 0 Å². The molecule has 0 radical (unpaired) electrons. The maximum absolute atomic E-state index is 11.1. The smallest absolute Gasteiger partial charge is 0.192 e. The molecule has 1 aromatic carbocycles. The van der Waals surface area contributed by atoms with Crippen LogP contribution >= 0.6 is 0 Å². The zero-order chi connectivity index (χ0) is 16.5. The molecule has 2 aromatic rings. The molecule has 0 bridgehead atoms. The van der Waals surface area contributed by atoms with Gasteiger partial charge in [0.1, 0.15) is 6.29 Å². The molecule has 1 atom stereocenters. The van der Waals surface area contributed by atoms with Gasteiger partial charge in [-0.1, -0.05) is 26.8 Å². The topological polar surface area (TPSA) is 44.1 Å². The Morgan fingerprint density at radius 3 is 2.64 bits per heavy atom. The lowest BCUT2D eigenvalue weighted by Crippen LogP contribution is -2.41. The molecule has 120 valence electrons. The number of carbonyl (C=O) groups excluding carboxylic acids is 1. The Morgan fingerprint density at radius 1 is 1.36 bits per heavy atom. The number of nitrogens with zero attached hydrogens (tertiary/aromatic N) is 2. The van der Waals surface area contributed by atoms with Crippen LogP contribution in [0.2, 0.25) is 18.1 Å². The van der Waals surface area contributed by atoms with E-state index < -0.39 is 8.32 Å². The summed E-state index contributed by atoms with van der Waals surface area (Å²) >= 11 is 0. The second-order valence-corrected chi connectivity index (χ2v) is 12.1.